The van der Waals surface area contributed by atoms with Crippen molar-refractivity contribution < 1.29 is 18.8 Å². The fourth-order valence-electron chi connectivity index (χ4n) is 1.35. The van der Waals surface area contributed by atoms with Crippen molar-refractivity contribution in [3.8, 4) is 5.75 Å². The summed E-state index contributed by atoms with van der Waals surface area (Å²) in [7, 11) is 0. The van der Waals surface area contributed by atoms with Crippen LogP contribution in [-0.2, 0) is 4.74 Å². The van der Waals surface area contributed by atoms with E-state index >= 15 is 0 Å². The van der Waals surface area contributed by atoms with Crippen molar-refractivity contribution in [1.82, 2.24) is 5.16 Å². The van der Waals surface area contributed by atoms with Crippen LogP contribution in [0.1, 0.15) is 36.7 Å². The molecular formula is C10H12BrNO4. The van der Waals surface area contributed by atoms with Crippen molar-refractivity contribution in [2.45, 2.75) is 32.3 Å². The Bertz CT molecular complexity index is 386. The third-order valence-corrected chi connectivity index (χ3v) is 2.92. The minimum Gasteiger partial charge on any atom is -0.483 e. The second kappa shape index (κ2) is 4.86. The molecular weight excluding hydrogens is 278 g/mol. The Hall–Kier alpha value is -1.04. The molecule has 5 nitrogen and oxygen atoms in total. The predicted octanol–water partition coefficient (Wildman–Crippen LogP) is 2.55. The first-order chi connectivity index (χ1) is 7.72. The Labute approximate surface area is 101 Å². The molecule has 0 spiro atoms. The van der Waals surface area contributed by atoms with Crippen molar-refractivity contribution in [3.05, 3.63) is 10.4 Å². The zero-order chi connectivity index (χ0) is 11.5. The normalized spacial score (nSPS) is 15.6. The second-order valence-electron chi connectivity index (χ2n) is 3.53. The Balaban J connectivity index is 2.14. The van der Waals surface area contributed by atoms with Crippen LogP contribution in [0.3, 0.4) is 0 Å². The first-order valence-corrected chi connectivity index (χ1v) is 6.00. The van der Waals surface area contributed by atoms with E-state index in [2.05, 4.69) is 21.1 Å². The highest BCUT2D eigenvalue weighted by Gasteiger charge is 2.28. The lowest BCUT2D eigenvalue weighted by Gasteiger charge is -2.25. The molecule has 0 unspecified atom stereocenters. The molecule has 0 aromatic carbocycles. The highest BCUT2D eigenvalue weighted by atomic mass is 79.9. The maximum Gasteiger partial charge on any atom is 0.364 e. The Morgan fingerprint density at radius 1 is 1.62 bits per heavy atom. The summed E-state index contributed by atoms with van der Waals surface area (Å²) in [6.45, 7) is 2.03. The van der Waals surface area contributed by atoms with E-state index in [-0.39, 0.29) is 11.8 Å². The zero-order valence-corrected chi connectivity index (χ0v) is 10.4. The highest BCUT2D eigenvalue weighted by Crippen LogP contribution is 2.34. The standard InChI is InChI=1S/C10H12BrNO4/c1-2-14-10(13)7-8(9(11)16-12-7)15-6-4-3-5-6/h6H,2-5H2,1H3. The van der Waals surface area contributed by atoms with Crippen molar-refractivity contribution >= 4 is 21.9 Å². The second-order valence-corrected chi connectivity index (χ2v) is 4.25. The minimum absolute atomic E-state index is 0.0978. The summed E-state index contributed by atoms with van der Waals surface area (Å²) in [5.41, 5.74) is 0.0978. The first kappa shape index (κ1) is 11.4. The molecule has 0 atom stereocenters. The van der Waals surface area contributed by atoms with Gasteiger partial charge in [0.1, 0.15) is 0 Å². The van der Waals surface area contributed by atoms with Crippen LogP contribution >= 0.6 is 15.9 Å². The van der Waals surface area contributed by atoms with Gasteiger partial charge in [0.25, 0.3) is 0 Å². The van der Waals surface area contributed by atoms with Gasteiger partial charge in [0.05, 0.1) is 12.7 Å². The van der Waals surface area contributed by atoms with Crippen LogP contribution in [0.2, 0.25) is 0 Å². The molecule has 0 saturated heterocycles. The molecule has 1 aliphatic rings. The van der Waals surface area contributed by atoms with E-state index in [1.807, 2.05) is 0 Å². The van der Waals surface area contributed by atoms with E-state index in [9.17, 15) is 4.79 Å². The number of carbonyl (C=O) groups is 1. The molecule has 2 rings (SSSR count). The van der Waals surface area contributed by atoms with Gasteiger partial charge in [-0.15, -0.1) is 0 Å². The number of esters is 1. The fraction of sp³-hybridized carbons (Fsp3) is 0.600. The molecule has 1 aliphatic carbocycles. The summed E-state index contributed by atoms with van der Waals surface area (Å²) in [6, 6.07) is 0. The van der Waals surface area contributed by atoms with Gasteiger partial charge in [0, 0.05) is 0 Å². The van der Waals surface area contributed by atoms with Gasteiger partial charge in [-0.2, -0.15) is 0 Å². The van der Waals surface area contributed by atoms with E-state index in [1.165, 1.54) is 0 Å². The fourth-order valence-corrected chi connectivity index (χ4v) is 1.70. The van der Waals surface area contributed by atoms with Gasteiger partial charge < -0.3 is 14.0 Å². The number of aromatic nitrogens is 1. The van der Waals surface area contributed by atoms with Crippen molar-refractivity contribution in [2.24, 2.45) is 0 Å². The monoisotopic (exact) mass is 289 g/mol. The summed E-state index contributed by atoms with van der Waals surface area (Å²) >= 11 is 3.16. The van der Waals surface area contributed by atoms with Crippen LogP contribution in [0.15, 0.2) is 9.19 Å². The highest BCUT2D eigenvalue weighted by molar-refractivity contribution is 9.10. The lowest BCUT2D eigenvalue weighted by Crippen LogP contribution is -2.25. The summed E-state index contributed by atoms with van der Waals surface area (Å²) in [6.07, 6.45) is 3.31. The van der Waals surface area contributed by atoms with E-state index < -0.39 is 5.97 Å². The molecule has 16 heavy (non-hydrogen) atoms. The number of nitrogens with zero attached hydrogens (tertiary/aromatic N) is 1. The maximum absolute atomic E-state index is 11.5. The SMILES string of the molecule is CCOC(=O)c1noc(Br)c1OC1CCC1. The molecule has 1 heterocycles. The summed E-state index contributed by atoms with van der Waals surface area (Å²) in [4.78, 5) is 11.5. The molecule has 1 saturated carbocycles. The number of hydrogen-bond acceptors (Lipinski definition) is 5. The van der Waals surface area contributed by atoms with Crippen molar-refractivity contribution in [2.75, 3.05) is 6.61 Å². The number of hydrogen-bond donors (Lipinski definition) is 0. The Morgan fingerprint density at radius 2 is 2.38 bits per heavy atom. The molecule has 1 aromatic heterocycles. The number of ether oxygens (including phenoxy) is 2. The molecule has 0 bridgehead atoms. The molecule has 6 heteroatoms. The van der Waals surface area contributed by atoms with Gasteiger partial charge in [-0.05, 0) is 42.1 Å². The van der Waals surface area contributed by atoms with Crippen LogP contribution in [0.25, 0.3) is 0 Å². The third kappa shape index (κ3) is 2.21. The Morgan fingerprint density at radius 3 is 2.94 bits per heavy atom. The average Bonchev–Trinajstić information content (AvgIpc) is 2.54. The molecule has 0 N–H and O–H groups in total. The number of rotatable bonds is 4. The lowest BCUT2D eigenvalue weighted by molar-refractivity contribution is 0.0502. The summed E-state index contributed by atoms with van der Waals surface area (Å²) < 4.78 is 15.7. The van der Waals surface area contributed by atoms with Crippen molar-refractivity contribution in [1.29, 1.82) is 0 Å². The molecule has 88 valence electrons. The average molecular weight is 290 g/mol. The van der Waals surface area contributed by atoms with E-state index in [1.54, 1.807) is 6.92 Å². The van der Waals surface area contributed by atoms with Crippen LogP contribution in [-0.4, -0.2) is 23.8 Å². The molecule has 0 amide bonds. The smallest absolute Gasteiger partial charge is 0.364 e. The van der Waals surface area contributed by atoms with Gasteiger partial charge in [-0.25, -0.2) is 4.79 Å². The first-order valence-electron chi connectivity index (χ1n) is 5.21. The maximum atomic E-state index is 11.5. The number of halogens is 1. The Kier molecular flexibility index (Phi) is 3.48. The van der Waals surface area contributed by atoms with Crippen molar-refractivity contribution in [3.63, 3.8) is 0 Å². The summed E-state index contributed by atoms with van der Waals surface area (Å²) in [5, 5.41) is 3.62. The summed E-state index contributed by atoms with van der Waals surface area (Å²) in [5.74, 6) is -0.172. The van der Waals surface area contributed by atoms with E-state index in [4.69, 9.17) is 14.0 Å². The topological polar surface area (TPSA) is 61.6 Å². The largest absolute Gasteiger partial charge is 0.483 e. The van der Waals surface area contributed by atoms with Gasteiger partial charge in [0.15, 0.2) is 0 Å². The van der Waals surface area contributed by atoms with Gasteiger partial charge in [0.2, 0.25) is 16.1 Å². The quantitative estimate of drug-likeness (QED) is 0.797. The van der Waals surface area contributed by atoms with E-state index in [0.29, 0.717) is 17.0 Å². The predicted molar refractivity (Wildman–Crippen MR) is 58.4 cm³/mol. The molecule has 0 radical (unpaired) electrons. The molecule has 1 aromatic rings. The van der Waals surface area contributed by atoms with Gasteiger partial charge in [-0.1, -0.05) is 5.16 Å². The zero-order valence-electron chi connectivity index (χ0n) is 8.86. The van der Waals surface area contributed by atoms with Crippen LogP contribution in [0.5, 0.6) is 5.75 Å². The molecule has 0 aliphatic heterocycles. The minimum atomic E-state index is -0.522. The van der Waals surface area contributed by atoms with Crippen LogP contribution in [0, 0.1) is 0 Å². The van der Waals surface area contributed by atoms with Crippen LogP contribution < -0.4 is 4.74 Å². The number of carbonyl (C=O) groups excluding carboxylic acids is 1. The van der Waals surface area contributed by atoms with E-state index in [0.717, 1.165) is 19.3 Å². The van der Waals surface area contributed by atoms with Crippen LogP contribution in [0.4, 0.5) is 0 Å². The van der Waals surface area contributed by atoms with Gasteiger partial charge in [-0.3, -0.25) is 0 Å². The molecule has 1 fully saturated rings. The lowest BCUT2D eigenvalue weighted by atomic mass is 9.96. The van der Waals surface area contributed by atoms with Gasteiger partial charge >= 0.3 is 5.97 Å². The third-order valence-electron chi connectivity index (χ3n) is 2.42.